The van der Waals surface area contributed by atoms with Crippen molar-refractivity contribution in [3.05, 3.63) is 0 Å². The van der Waals surface area contributed by atoms with Crippen LogP contribution in [0.1, 0.15) is 64.7 Å². The summed E-state index contributed by atoms with van der Waals surface area (Å²) in [7, 11) is 0. The molecule has 1 amide bonds. The Balaban J connectivity index is 0.00000162. The average molecular weight is 275 g/mol. The van der Waals surface area contributed by atoms with Gasteiger partial charge in [-0.25, -0.2) is 0 Å². The summed E-state index contributed by atoms with van der Waals surface area (Å²) in [6, 6.07) is 0.377. The third-order valence-corrected chi connectivity index (χ3v) is 4.64. The van der Waals surface area contributed by atoms with E-state index < -0.39 is 5.54 Å². The highest BCUT2D eigenvalue weighted by Crippen LogP contribution is 2.30. The molecule has 0 saturated heterocycles. The highest BCUT2D eigenvalue weighted by Gasteiger charge is 2.38. The van der Waals surface area contributed by atoms with Crippen LogP contribution in [-0.4, -0.2) is 17.5 Å². The fraction of sp³-hybridized carbons (Fsp3) is 0.929. The number of hydrogen-bond acceptors (Lipinski definition) is 2. The van der Waals surface area contributed by atoms with Crippen LogP contribution in [0.2, 0.25) is 0 Å². The van der Waals surface area contributed by atoms with Gasteiger partial charge in [-0.2, -0.15) is 0 Å². The molecule has 0 bridgehead atoms. The fourth-order valence-corrected chi connectivity index (χ4v) is 3.35. The molecule has 0 radical (unpaired) electrons. The second-order valence-electron chi connectivity index (χ2n) is 5.97. The first-order valence-electron chi connectivity index (χ1n) is 7.24. The summed E-state index contributed by atoms with van der Waals surface area (Å²) < 4.78 is 0. The Bertz CT molecular complexity index is 277. The van der Waals surface area contributed by atoms with Gasteiger partial charge < -0.3 is 11.1 Å². The van der Waals surface area contributed by atoms with Crippen LogP contribution in [0.3, 0.4) is 0 Å². The lowest BCUT2D eigenvalue weighted by Crippen LogP contribution is -2.55. The zero-order chi connectivity index (χ0) is 12.3. The van der Waals surface area contributed by atoms with E-state index in [4.69, 9.17) is 5.73 Å². The van der Waals surface area contributed by atoms with Crippen LogP contribution in [0.25, 0.3) is 0 Å². The summed E-state index contributed by atoms with van der Waals surface area (Å²) in [6.07, 6.45) is 10.0. The number of nitrogens with two attached hydrogens (primary N) is 1. The highest BCUT2D eigenvalue weighted by atomic mass is 35.5. The minimum Gasteiger partial charge on any atom is -0.352 e. The SMILES string of the molecule is CCC1CCCC(NC(=O)C2(N)CCCC2)C1.Cl. The summed E-state index contributed by atoms with van der Waals surface area (Å²) in [5.74, 6) is 0.906. The van der Waals surface area contributed by atoms with Crippen molar-refractivity contribution in [3.63, 3.8) is 0 Å². The molecular formula is C14H27ClN2O. The van der Waals surface area contributed by atoms with E-state index in [1.807, 2.05) is 0 Å². The number of hydrogen-bond donors (Lipinski definition) is 2. The van der Waals surface area contributed by atoms with Gasteiger partial charge in [-0.05, 0) is 31.6 Å². The molecule has 2 aliphatic carbocycles. The predicted octanol–water partition coefficient (Wildman–Crippen LogP) is 2.76. The molecule has 2 saturated carbocycles. The second kappa shape index (κ2) is 6.76. The molecule has 2 rings (SSSR count). The van der Waals surface area contributed by atoms with E-state index in [9.17, 15) is 4.79 Å². The van der Waals surface area contributed by atoms with Crippen LogP contribution < -0.4 is 11.1 Å². The molecule has 2 fully saturated rings. The number of carbonyl (C=O) groups is 1. The molecule has 0 spiro atoms. The number of amides is 1. The smallest absolute Gasteiger partial charge is 0.240 e. The summed E-state index contributed by atoms with van der Waals surface area (Å²) in [4.78, 5) is 12.2. The molecule has 4 heteroatoms. The van der Waals surface area contributed by atoms with Crippen LogP contribution in [0, 0.1) is 5.92 Å². The Morgan fingerprint density at radius 3 is 2.56 bits per heavy atom. The lowest BCUT2D eigenvalue weighted by atomic mass is 9.83. The fourth-order valence-electron chi connectivity index (χ4n) is 3.35. The molecule has 0 heterocycles. The normalized spacial score (nSPS) is 30.6. The van der Waals surface area contributed by atoms with Gasteiger partial charge in [0.25, 0.3) is 0 Å². The Morgan fingerprint density at radius 2 is 1.94 bits per heavy atom. The third kappa shape index (κ3) is 3.61. The van der Waals surface area contributed by atoms with Gasteiger partial charge in [0.2, 0.25) is 5.91 Å². The highest BCUT2D eigenvalue weighted by molar-refractivity contribution is 5.86. The quantitative estimate of drug-likeness (QED) is 0.831. The lowest BCUT2D eigenvalue weighted by Gasteiger charge is -2.32. The molecule has 3 N–H and O–H groups in total. The first-order chi connectivity index (χ1) is 8.14. The predicted molar refractivity (Wildman–Crippen MR) is 76.8 cm³/mol. The third-order valence-electron chi connectivity index (χ3n) is 4.64. The molecule has 0 aromatic rings. The van der Waals surface area contributed by atoms with Crippen molar-refractivity contribution in [2.24, 2.45) is 11.7 Å². The van der Waals surface area contributed by atoms with E-state index in [0.29, 0.717) is 6.04 Å². The van der Waals surface area contributed by atoms with Crippen molar-refractivity contribution in [3.8, 4) is 0 Å². The zero-order valence-electron chi connectivity index (χ0n) is 11.4. The van der Waals surface area contributed by atoms with Crippen molar-refractivity contribution in [2.45, 2.75) is 76.3 Å². The molecule has 2 unspecified atom stereocenters. The maximum atomic E-state index is 12.2. The zero-order valence-corrected chi connectivity index (χ0v) is 12.2. The minimum absolute atomic E-state index is 0. The van der Waals surface area contributed by atoms with Gasteiger partial charge >= 0.3 is 0 Å². The molecular weight excluding hydrogens is 248 g/mol. The van der Waals surface area contributed by atoms with Gasteiger partial charge in [-0.15, -0.1) is 12.4 Å². The van der Waals surface area contributed by atoms with Gasteiger partial charge in [-0.3, -0.25) is 4.79 Å². The Morgan fingerprint density at radius 1 is 1.28 bits per heavy atom. The van der Waals surface area contributed by atoms with E-state index in [1.54, 1.807) is 0 Å². The minimum atomic E-state index is -0.556. The van der Waals surface area contributed by atoms with Gasteiger partial charge in [0.1, 0.15) is 0 Å². The van der Waals surface area contributed by atoms with E-state index in [2.05, 4.69) is 12.2 Å². The van der Waals surface area contributed by atoms with E-state index >= 15 is 0 Å². The average Bonchev–Trinajstić information content (AvgIpc) is 2.78. The molecule has 106 valence electrons. The standard InChI is InChI=1S/C14H26N2O.ClH/c1-2-11-6-5-7-12(10-11)16-13(17)14(15)8-3-4-9-14;/h11-12H,2-10,15H2,1H3,(H,16,17);1H. The number of rotatable bonds is 3. The lowest BCUT2D eigenvalue weighted by molar-refractivity contribution is -0.127. The molecule has 3 nitrogen and oxygen atoms in total. The van der Waals surface area contributed by atoms with E-state index in [-0.39, 0.29) is 18.3 Å². The largest absolute Gasteiger partial charge is 0.352 e. The van der Waals surface area contributed by atoms with Crippen LogP contribution in [-0.2, 0) is 4.79 Å². The summed E-state index contributed by atoms with van der Waals surface area (Å²) >= 11 is 0. The van der Waals surface area contributed by atoms with Crippen LogP contribution in [0.15, 0.2) is 0 Å². The van der Waals surface area contributed by atoms with E-state index in [0.717, 1.165) is 44.4 Å². The second-order valence-corrected chi connectivity index (χ2v) is 5.97. The van der Waals surface area contributed by atoms with Gasteiger partial charge in [0.05, 0.1) is 5.54 Å². The van der Waals surface area contributed by atoms with Crippen molar-refractivity contribution >= 4 is 18.3 Å². The molecule has 0 aromatic carbocycles. The Labute approximate surface area is 117 Å². The Kier molecular flexibility index (Phi) is 5.93. The van der Waals surface area contributed by atoms with Gasteiger partial charge in [0, 0.05) is 6.04 Å². The van der Waals surface area contributed by atoms with Crippen molar-refractivity contribution < 1.29 is 4.79 Å². The molecule has 18 heavy (non-hydrogen) atoms. The maximum absolute atomic E-state index is 12.2. The first-order valence-corrected chi connectivity index (χ1v) is 7.24. The number of carbonyl (C=O) groups excluding carboxylic acids is 1. The van der Waals surface area contributed by atoms with Crippen molar-refractivity contribution in [1.82, 2.24) is 5.32 Å². The number of halogens is 1. The summed E-state index contributed by atoms with van der Waals surface area (Å²) in [5, 5.41) is 3.20. The number of nitrogens with one attached hydrogen (secondary N) is 1. The molecule has 0 aromatic heterocycles. The molecule has 2 aliphatic rings. The Hall–Kier alpha value is -0.280. The van der Waals surface area contributed by atoms with Crippen LogP contribution in [0.4, 0.5) is 0 Å². The van der Waals surface area contributed by atoms with Gasteiger partial charge in [0.15, 0.2) is 0 Å². The van der Waals surface area contributed by atoms with Gasteiger partial charge in [-0.1, -0.05) is 39.0 Å². The topological polar surface area (TPSA) is 55.1 Å². The summed E-state index contributed by atoms with van der Waals surface area (Å²) in [6.45, 7) is 2.25. The van der Waals surface area contributed by atoms with Crippen molar-refractivity contribution in [1.29, 1.82) is 0 Å². The van der Waals surface area contributed by atoms with E-state index in [1.165, 1.54) is 19.3 Å². The van der Waals surface area contributed by atoms with Crippen LogP contribution >= 0.6 is 12.4 Å². The molecule has 0 aliphatic heterocycles. The molecule has 2 atom stereocenters. The summed E-state index contributed by atoms with van der Waals surface area (Å²) in [5.41, 5.74) is 5.62. The van der Waals surface area contributed by atoms with Crippen LogP contribution in [0.5, 0.6) is 0 Å². The monoisotopic (exact) mass is 274 g/mol. The van der Waals surface area contributed by atoms with Crippen molar-refractivity contribution in [2.75, 3.05) is 0 Å². The maximum Gasteiger partial charge on any atom is 0.240 e. The first kappa shape index (κ1) is 15.8.